The van der Waals surface area contributed by atoms with E-state index in [1.54, 1.807) is 13.1 Å². The molecule has 2 rings (SSSR count). The van der Waals surface area contributed by atoms with Gasteiger partial charge in [0, 0.05) is 31.1 Å². The zero-order valence-corrected chi connectivity index (χ0v) is 15.6. The second kappa shape index (κ2) is 11.8. The quantitative estimate of drug-likeness (QED) is 0.579. The molecule has 138 valence electrons. The summed E-state index contributed by atoms with van der Waals surface area (Å²) in [5.74, 6) is 0. The van der Waals surface area contributed by atoms with E-state index < -0.39 is 0 Å². The molecule has 1 aromatic heterocycles. The van der Waals surface area contributed by atoms with E-state index in [1.807, 2.05) is 30.3 Å². The van der Waals surface area contributed by atoms with Gasteiger partial charge in [0.15, 0.2) is 0 Å². The van der Waals surface area contributed by atoms with Crippen LogP contribution in [0.15, 0.2) is 58.1 Å². The minimum Gasteiger partial charge on any atom is -0.404 e. The number of aromatic nitrogens is 2. The molecule has 0 unspecified atom stereocenters. The zero-order chi connectivity index (χ0) is 19.4. The molecular weight excluding hydrogens is 377 g/mol. The highest BCUT2D eigenvalue weighted by molar-refractivity contribution is 6.41. The van der Waals surface area contributed by atoms with Gasteiger partial charge < -0.3 is 11.1 Å². The Balaban J connectivity index is 0.000000273. The Morgan fingerprint density at radius 3 is 2.62 bits per heavy atom. The largest absolute Gasteiger partial charge is 0.404 e. The molecule has 1 heterocycles. The van der Waals surface area contributed by atoms with Crippen molar-refractivity contribution in [2.75, 3.05) is 6.54 Å². The van der Waals surface area contributed by atoms with E-state index in [2.05, 4.69) is 15.4 Å². The fourth-order valence-corrected chi connectivity index (χ4v) is 1.92. The Morgan fingerprint density at radius 1 is 1.35 bits per heavy atom. The molecule has 9 heteroatoms. The lowest BCUT2D eigenvalue weighted by molar-refractivity contribution is -0.109. The molecule has 0 atom stereocenters. The minimum absolute atomic E-state index is 0.0310. The molecule has 1 amide bonds. The molecule has 1 aromatic carbocycles. The monoisotopic (exact) mass is 395 g/mol. The number of carbonyl (C=O) groups is 1. The van der Waals surface area contributed by atoms with E-state index in [-0.39, 0.29) is 15.6 Å². The number of halogens is 2. The third-order valence-corrected chi connectivity index (χ3v) is 3.73. The molecular formula is C17H19Cl2N5O2. The number of nitrogens with one attached hydrogen (secondary N) is 1. The van der Waals surface area contributed by atoms with Gasteiger partial charge in [0.05, 0.1) is 16.9 Å². The summed E-state index contributed by atoms with van der Waals surface area (Å²) in [6.07, 6.45) is 5.03. The molecule has 0 saturated heterocycles. The van der Waals surface area contributed by atoms with Crippen LogP contribution in [0.2, 0.25) is 10.0 Å². The Kier molecular flexibility index (Phi) is 9.74. The molecule has 3 N–H and O–H groups in total. The number of para-hydroxylation sites is 1. The van der Waals surface area contributed by atoms with Crippen molar-refractivity contribution in [3.05, 3.63) is 68.7 Å². The number of amides is 1. The molecule has 7 nitrogen and oxygen atoms in total. The van der Waals surface area contributed by atoms with Crippen molar-refractivity contribution < 1.29 is 4.79 Å². The van der Waals surface area contributed by atoms with E-state index >= 15 is 0 Å². The number of benzene rings is 1. The summed E-state index contributed by atoms with van der Waals surface area (Å²) in [5.41, 5.74) is 6.63. The van der Waals surface area contributed by atoms with E-state index in [0.717, 1.165) is 11.3 Å². The topological polar surface area (TPSA) is 102 Å². The Morgan fingerprint density at radius 2 is 2.04 bits per heavy atom. The number of aliphatic imine (C=N–C) groups is 1. The van der Waals surface area contributed by atoms with Crippen molar-refractivity contribution in [1.29, 1.82) is 0 Å². The highest BCUT2D eigenvalue weighted by atomic mass is 35.5. The van der Waals surface area contributed by atoms with Gasteiger partial charge in [-0.3, -0.25) is 14.6 Å². The van der Waals surface area contributed by atoms with Crippen LogP contribution >= 0.6 is 23.2 Å². The lowest BCUT2D eigenvalue weighted by Crippen LogP contribution is -2.21. The van der Waals surface area contributed by atoms with E-state index in [9.17, 15) is 9.59 Å². The predicted octanol–water partition coefficient (Wildman–Crippen LogP) is 2.55. The van der Waals surface area contributed by atoms with E-state index in [1.165, 1.54) is 17.1 Å². The van der Waals surface area contributed by atoms with E-state index in [4.69, 9.17) is 28.9 Å². The average molecular weight is 396 g/mol. The molecule has 0 fully saturated rings. The third-order valence-electron chi connectivity index (χ3n) is 2.98. The highest BCUT2D eigenvalue weighted by Crippen LogP contribution is 2.14. The standard InChI is InChI=1S/C11H13N3O.C6H6Cl2N2O/c12-6-10(7-13-9-15)8-14-11-4-2-1-3-5-11;1-2-10-6(11)5(8)4(7)3-9-10/h1-6,8-9H,7,12H2,(H,13,15);3H,2H2,1H3/b10-6-,14-8?;. The summed E-state index contributed by atoms with van der Waals surface area (Å²) in [6, 6.07) is 9.51. The van der Waals surface area contributed by atoms with Crippen molar-refractivity contribution in [3.8, 4) is 0 Å². The summed E-state index contributed by atoms with van der Waals surface area (Å²) in [4.78, 5) is 25.4. The van der Waals surface area contributed by atoms with Crippen LogP contribution in [0.3, 0.4) is 0 Å². The van der Waals surface area contributed by atoms with Gasteiger partial charge in [-0.05, 0) is 19.1 Å². The molecule has 26 heavy (non-hydrogen) atoms. The maximum absolute atomic E-state index is 11.1. The fourth-order valence-electron chi connectivity index (χ4n) is 1.65. The van der Waals surface area contributed by atoms with Crippen LogP contribution in [-0.2, 0) is 11.3 Å². The van der Waals surface area contributed by atoms with Crippen LogP contribution in [-0.4, -0.2) is 28.9 Å². The smallest absolute Gasteiger partial charge is 0.287 e. The van der Waals surface area contributed by atoms with Gasteiger partial charge in [0.1, 0.15) is 5.02 Å². The molecule has 0 bridgehead atoms. The normalized spacial score (nSPS) is 11.0. The summed E-state index contributed by atoms with van der Waals surface area (Å²) < 4.78 is 1.24. The number of aryl methyl sites for hydroxylation is 1. The molecule has 0 aliphatic carbocycles. The molecule has 0 saturated carbocycles. The summed E-state index contributed by atoms with van der Waals surface area (Å²) in [7, 11) is 0. The predicted molar refractivity (Wildman–Crippen MR) is 105 cm³/mol. The van der Waals surface area contributed by atoms with Gasteiger partial charge in [-0.1, -0.05) is 41.4 Å². The summed E-state index contributed by atoms with van der Waals surface area (Å²) in [6.45, 7) is 2.69. The SMILES string of the molecule is CCn1ncc(Cl)c(Cl)c1=O.N/C=C(\C=Nc1ccccc1)CNC=O. The first-order chi connectivity index (χ1) is 12.5. The Hall–Kier alpha value is -2.64. The van der Waals surface area contributed by atoms with Crippen molar-refractivity contribution in [2.24, 2.45) is 10.7 Å². The molecule has 0 aliphatic rings. The summed E-state index contributed by atoms with van der Waals surface area (Å²) >= 11 is 11.1. The number of carbonyl (C=O) groups excluding carboxylic acids is 1. The molecule has 0 radical (unpaired) electrons. The van der Waals surface area contributed by atoms with Crippen molar-refractivity contribution in [3.63, 3.8) is 0 Å². The van der Waals surface area contributed by atoms with Gasteiger partial charge in [-0.25, -0.2) is 4.68 Å². The van der Waals surface area contributed by atoms with Gasteiger partial charge in [-0.15, -0.1) is 0 Å². The van der Waals surface area contributed by atoms with Crippen LogP contribution in [0.25, 0.3) is 0 Å². The van der Waals surface area contributed by atoms with Gasteiger partial charge >= 0.3 is 0 Å². The number of nitrogens with two attached hydrogens (primary N) is 1. The summed E-state index contributed by atoms with van der Waals surface area (Å²) in [5, 5.41) is 6.49. The van der Waals surface area contributed by atoms with Crippen LogP contribution in [0.5, 0.6) is 0 Å². The van der Waals surface area contributed by atoms with Crippen molar-refractivity contribution >= 4 is 41.5 Å². The lowest BCUT2D eigenvalue weighted by atomic mass is 10.3. The second-order valence-electron chi connectivity index (χ2n) is 4.76. The first-order valence-electron chi connectivity index (χ1n) is 7.61. The fraction of sp³-hybridized carbons (Fsp3) is 0.176. The first kappa shape index (κ1) is 21.4. The Labute approximate surface area is 161 Å². The van der Waals surface area contributed by atoms with Crippen LogP contribution < -0.4 is 16.6 Å². The van der Waals surface area contributed by atoms with Crippen LogP contribution in [0.1, 0.15) is 6.92 Å². The molecule has 2 aromatic rings. The van der Waals surface area contributed by atoms with Crippen LogP contribution in [0, 0.1) is 0 Å². The minimum atomic E-state index is -0.346. The van der Waals surface area contributed by atoms with Crippen molar-refractivity contribution in [1.82, 2.24) is 15.1 Å². The van der Waals surface area contributed by atoms with Crippen molar-refractivity contribution in [2.45, 2.75) is 13.5 Å². The number of nitrogens with zero attached hydrogens (tertiary/aromatic N) is 3. The van der Waals surface area contributed by atoms with Gasteiger partial charge in [-0.2, -0.15) is 5.10 Å². The second-order valence-corrected chi connectivity index (χ2v) is 5.55. The lowest BCUT2D eigenvalue weighted by Gasteiger charge is -1.99. The average Bonchev–Trinajstić information content (AvgIpc) is 2.68. The van der Waals surface area contributed by atoms with Gasteiger partial charge in [0.25, 0.3) is 5.56 Å². The first-order valence-corrected chi connectivity index (χ1v) is 8.37. The maximum Gasteiger partial charge on any atom is 0.287 e. The van der Waals surface area contributed by atoms with Gasteiger partial charge in [0.2, 0.25) is 6.41 Å². The third kappa shape index (κ3) is 7.08. The molecule has 0 aliphatic heterocycles. The number of rotatable bonds is 6. The highest BCUT2D eigenvalue weighted by Gasteiger charge is 2.04. The van der Waals surface area contributed by atoms with E-state index in [0.29, 0.717) is 19.5 Å². The Bertz CT molecular complexity index is 820. The number of hydrogen-bond donors (Lipinski definition) is 2. The van der Waals surface area contributed by atoms with Crippen LogP contribution in [0.4, 0.5) is 5.69 Å². The molecule has 0 spiro atoms. The zero-order valence-electron chi connectivity index (χ0n) is 14.1. The maximum atomic E-state index is 11.1. The number of hydrogen-bond acceptors (Lipinski definition) is 5.